The fourth-order valence-corrected chi connectivity index (χ4v) is 3.38. The molecule has 1 amide bonds. The highest BCUT2D eigenvalue weighted by Crippen LogP contribution is 2.16. The Morgan fingerprint density at radius 1 is 1.14 bits per heavy atom. The number of hydrogen-bond acceptors (Lipinski definition) is 5. The van der Waals surface area contributed by atoms with Crippen LogP contribution in [0.2, 0.25) is 0 Å². The normalized spacial score (nSPS) is 11.2. The number of rotatable bonds is 9. The van der Waals surface area contributed by atoms with E-state index in [2.05, 4.69) is 32.9 Å². The van der Waals surface area contributed by atoms with Crippen LogP contribution in [0.1, 0.15) is 32.9 Å². The molecule has 2 aromatic rings. The smallest absolute Gasteiger partial charge is 0.251 e. The molecular weight excluding hydrogens is 374 g/mol. The number of amides is 1. The van der Waals surface area contributed by atoms with Crippen LogP contribution in [0.25, 0.3) is 0 Å². The quantitative estimate of drug-likeness (QED) is 0.340. The second kappa shape index (κ2) is 11.3. The number of carbonyl (C=O) groups excluding carboxylic acids is 1. The van der Waals surface area contributed by atoms with Crippen molar-refractivity contribution in [3.8, 4) is 5.75 Å². The van der Waals surface area contributed by atoms with Gasteiger partial charge in [0.25, 0.3) is 5.91 Å². The molecule has 0 radical (unpaired) electrons. The Labute approximate surface area is 170 Å². The van der Waals surface area contributed by atoms with Gasteiger partial charge < -0.3 is 20.7 Å². The maximum atomic E-state index is 12.1. The number of ether oxygens (including phenoxy) is 1. The van der Waals surface area contributed by atoms with E-state index >= 15 is 0 Å². The van der Waals surface area contributed by atoms with Crippen molar-refractivity contribution in [3.05, 3.63) is 45.4 Å². The van der Waals surface area contributed by atoms with Crippen LogP contribution in [0, 0.1) is 13.8 Å². The van der Waals surface area contributed by atoms with Gasteiger partial charge in [0.05, 0.1) is 17.8 Å². The predicted octanol–water partition coefficient (Wildman–Crippen LogP) is 2.30. The van der Waals surface area contributed by atoms with Crippen molar-refractivity contribution < 1.29 is 9.53 Å². The van der Waals surface area contributed by atoms with Gasteiger partial charge in [0, 0.05) is 43.0 Å². The van der Waals surface area contributed by atoms with E-state index in [4.69, 9.17) is 4.74 Å². The Kier molecular flexibility index (Phi) is 8.74. The summed E-state index contributed by atoms with van der Waals surface area (Å²) in [5.41, 5.74) is 1.71. The number of thiazole rings is 1. The molecule has 0 fully saturated rings. The number of nitrogens with zero attached hydrogens (tertiary/aromatic N) is 2. The lowest BCUT2D eigenvalue weighted by molar-refractivity contribution is 0.0954. The van der Waals surface area contributed by atoms with E-state index in [1.165, 1.54) is 4.88 Å². The molecular formula is C20H29N5O2S. The summed E-state index contributed by atoms with van der Waals surface area (Å²) in [6.07, 6.45) is 0.824. The lowest BCUT2D eigenvalue weighted by Crippen LogP contribution is -2.41. The number of hydrogen-bond donors (Lipinski definition) is 3. The summed E-state index contributed by atoms with van der Waals surface area (Å²) >= 11 is 1.73. The van der Waals surface area contributed by atoms with Gasteiger partial charge in [-0.2, -0.15) is 0 Å². The van der Waals surface area contributed by atoms with Crippen LogP contribution in [0.3, 0.4) is 0 Å². The Morgan fingerprint density at radius 3 is 2.46 bits per heavy atom. The van der Waals surface area contributed by atoms with Crippen LogP contribution in [-0.4, -0.2) is 50.1 Å². The first-order valence-electron chi connectivity index (χ1n) is 9.40. The fourth-order valence-electron chi connectivity index (χ4n) is 2.45. The summed E-state index contributed by atoms with van der Waals surface area (Å²) in [6, 6.07) is 7.04. The minimum atomic E-state index is -0.110. The van der Waals surface area contributed by atoms with Crippen LogP contribution in [0.4, 0.5) is 0 Å². The first-order chi connectivity index (χ1) is 13.5. The van der Waals surface area contributed by atoms with Gasteiger partial charge in [-0.15, -0.1) is 11.3 Å². The molecule has 0 atom stereocenters. The van der Waals surface area contributed by atoms with Gasteiger partial charge >= 0.3 is 0 Å². The third-order valence-electron chi connectivity index (χ3n) is 4.07. The van der Waals surface area contributed by atoms with Gasteiger partial charge in [0.2, 0.25) is 0 Å². The van der Waals surface area contributed by atoms with Crippen LogP contribution >= 0.6 is 11.3 Å². The number of nitrogens with one attached hydrogen (secondary N) is 3. The van der Waals surface area contributed by atoms with Gasteiger partial charge in [-0.3, -0.25) is 9.79 Å². The zero-order chi connectivity index (χ0) is 20.4. The summed E-state index contributed by atoms with van der Waals surface area (Å²) in [4.78, 5) is 22.5. The standard InChI is InChI=1S/C20H29N5O2S/c1-5-21-20(23-11-10-18-25-14(2)15(3)28-18)24-13-12-22-19(26)16-6-8-17(27-4)9-7-16/h6-9H,5,10-13H2,1-4H3,(H,22,26)(H2,21,23,24). The number of aliphatic imine (C=N–C) groups is 1. The number of methoxy groups -OCH3 is 1. The molecule has 1 aromatic carbocycles. The molecule has 152 valence electrons. The average Bonchev–Trinajstić information content (AvgIpc) is 3.02. The number of guanidine groups is 1. The second-order valence-electron chi connectivity index (χ2n) is 6.17. The van der Waals surface area contributed by atoms with Crippen LogP contribution in [-0.2, 0) is 6.42 Å². The molecule has 2 rings (SSSR count). The minimum absolute atomic E-state index is 0.110. The van der Waals surface area contributed by atoms with E-state index in [1.807, 2.05) is 13.8 Å². The van der Waals surface area contributed by atoms with Gasteiger partial charge in [-0.1, -0.05) is 0 Å². The summed E-state index contributed by atoms with van der Waals surface area (Å²) in [5.74, 6) is 1.36. The number of aromatic nitrogens is 1. The van der Waals surface area contributed by atoms with Crippen molar-refractivity contribution in [1.29, 1.82) is 0 Å². The van der Waals surface area contributed by atoms with Crippen molar-refractivity contribution >= 4 is 23.2 Å². The molecule has 0 aliphatic heterocycles. The Morgan fingerprint density at radius 2 is 1.86 bits per heavy atom. The molecule has 0 bridgehead atoms. The number of carbonyl (C=O) groups is 1. The van der Waals surface area contributed by atoms with Crippen molar-refractivity contribution in [2.45, 2.75) is 27.2 Å². The first-order valence-corrected chi connectivity index (χ1v) is 10.2. The molecule has 0 spiro atoms. The van der Waals surface area contributed by atoms with Gasteiger partial charge in [0.15, 0.2) is 5.96 Å². The minimum Gasteiger partial charge on any atom is -0.497 e. The average molecular weight is 404 g/mol. The lowest BCUT2D eigenvalue weighted by atomic mass is 10.2. The molecule has 1 aromatic heterocycles. The molecule has 0 unspecified atom stereocenters. The van der Waals surface area contributed by atoms with E-state index in [-0.39, 0.29) is 5.91 Å². The van der Waals surface area contributed by atoms with Crippen molar-refractivity contribution in [2.75, 3.05) is 33.3 Å². The SMILES string of the molecule is CCNC(=NCCc1nc(C)c(C)s1)NCCNC(=O)c1ccc(OC)cc1. The highest BCUT2D eigenvalue weighted by molar-refractivity contribution is 7.11. The highest BCUT2D eigenvalue weighted by Gasteiger charge is 2.06. The largest absolute Gasteiger partial charge is 0.497 e. The highest BCUT2D eigenvalue weighted by atomic mass is 32.1. The lowest BCUT2D eigenvalue weighted by Gasteiger charge is -2.12. The van der Waals surface area contributed by atoms with Gasteiger partial charge in [-0.25, -0.2) is 4.98 Å². The maximum Gasteiger partial charge on any atom is 0.251 e. The van der Waals surface area contributed by atoms with E-state index in [0.717, 1.165) is 35.4 Å². The van der Waals surface area contributed by atoms with E-state index in [9.17, 15) is 4.79 Å². The van der Waals surface area contributed by atoms with E-state index < -0.39 is 0 Å². The van der Waals surface area contributed by atoms with E-state index in [0.29, 0.717) is 25.2 Å². The van der Waals surface area contributed by atoms with Crippen LogP contribution < -0.4 is 20.7 Å². The molecule has 28 heavy (non-hydrogen) atoms. The predicted molar refractivity (Wildman–Crippen MR) is 115 cm³/mol. The summed E-state index contributed by atoms with van der Waals surface area (Å²) < 4.78 is 5.10. The first kappa shape index (κ1) is 21.7. The molecule has 0 aliphatic carbocycles. The summed E-state index contributed by atoms with van der Waals surface area (Å²) in [5, 5.41) is 10.5. The molecule has 0 saturated heterocycles. The van der Waals surface area contributed by atoms with Crippen molar-refractivity contribution in [1.82, 2.24) is 20.9 Å². The third kappa shape index (κ3) is 6.84. The summed E-state index contributed by atoms with van der Waals surface area (Å²) in [6.45, 7) is 8.68. The molecule has 8 heteroatoms. The van der Waals surface area contributed by atoms with E-state index in [1.54, 1.807) is 42.7 Å². The fraction of sp³-hybridized carbons (Fsp3) is 0.450. The van der Waals surface area contributed by atoms with Crippen LogP contribution in [0.15, 0.2) is 29.3 Å². The molecule has 0 saturated carbocycles. The Bertz CT molecular complexity index is 767. The molecule has 7 nitrogen and oxygen atoms in total. The van der Waals surface area contributed by atoms with Gasteiger partial charge in [-0.05, 0) is 45.0 Å². The zero-order valence-electron chi connectivity index (χ0n) is 17.0. The molecule has 1 heterocycles. The topological polar surface area (TPSA) is 87.6 Å². The molecule has 0 aliphatic rings. The second-order valence-corrected chi connectivity index (χ2v) is 7.46. The van der Waals surface area contributed by atoms with Crippen LogP contribution in [0.5, 0.6) is 5.75 Å². The Balaban J connectivity index is 1.74. The zero-order valence-corrected chi connectivity index (χ0v) is 17.8. The third-order valence-corrected chi connectivity index (χ3v) is 5.20. The number of benzene rings is 1. The number of aryl methyl sites for hydroxylation is 2. The van der Waals surface area contributed by atoms with Crippen molar-refractivity contribution in [3.63, 3.8) is 0 Å². The Hall–Kier alpha value is -2.61. The maximum absolute atomic E-state index is 12.1. The molecule has 3 N–H and O–H groups in total. The van der Waals surface area contributed by atoms with Crippen molar-refractivity contribution in [2.24, 2.45) is 4.99 Å². The van der Waals surface area contributed by atoms with Gasteiger partial charge in [0.1, 0.15) is 5.75 Å². The monoisotopic (exact) mass is 403 g/mol. The summed E-state index contributed by atoms with van der Waals surface area (Å²) in [7, 11) is 1.60.